The molecular formula is C16H20FN5O3S. The number of benzene rings is 1. The summed E-state index contributed by atoms with van der Waals surface area (Å²) in [5.41, 5.74) is 0.458. The predicted octanol–water partition coefficient (Wildman–Crippen LogP) is 0.430. The fraction of sp³-hybridized carbons (Fsp3) is 0.375. The summed E-state index contributed by atoms with van der Waals surface area (Å²) in [6, 6.07) is 6.40. The van der Waals surface area contributed by atoms with E-state index in [1.165, 1.54) is 28.3 Å². The minimum Gasteiger partial charge on any atom is -0.367 e. The third-order valence-electron chi connectivity index (χ3n) is 4.28. The average molecular weight is 381 g/mol. The minimum atomic E-state index is -3.92. The monoisotopic (exact) mass is 381 g/mol. The Bertz CT molecular complexity index is 920. The smallest absolute Gasteiger partial charge is 0.263 e. The number of aryl methyl sites for hydroxylation is 1. The molecule has 1 amide bonds. The van der Waals surface area contributed by atoms with Crippen LogP contribution >= 0.6 is 0 Å². The predicted molar refractivity (Wildman–Crippen MR) is 94.0 cm³/mol. The van der Waals surface area contributed by atoms with Gasteiger partial charge in [-0.1, -0.05) is 12.1 Å². The number of para-hydroxylation sites is 1. The number of hydrogen-bond acceptors (Lipinski definition) is 5. The number of carbonyl (C=O) groups is 1. The van der Waals surface area contributed by atoms with Crippen molar-refractivity contribution in [3.8, 4) is 0 Å². The summed E-state index contributed by atoms with van der Waals surface area (Å²) < 4.78 is 42.4. The van der Waals surface area contributed by atoms with Crippen LogP contribution in [0.2, 0.25) is 0 Å². The zero-order chi connectivity index (χ0) is 18.9. The van der Waals surface area contributed by atoms with Gasteiger partial charge in [-0.2, -0.15) is 9.40 Å². The Balaban J connectivity index is 1.81. The Morgan fingerprint density at radius 1 is 1.19 bits per heavy atom. The fourth-order valence-corrected chi connectivity index (χ4v) is 4.49. The molecule has 1 aliphatic rings. The van der Waals surface area contributed by atoms with E-state index in [4.69, 9.17) is 0 Å². The van der Waals surface area contributed by atoms with Gasteiger partial charge in [-0.15, -0.1) is 0 Å². The highest BCUT2D eigenvalue weighted by Crippen LogP contribution is 2.24. The topological polar surface area (TPSA) is 87.5 Å². The fourth-order valence-electron chi connectivity index (χ4n) is 2.95. The molecule has 0 atom stereocenters. The summed E-state index contributed by atoms with van der Waals surface area (Å²) in [4.78, 5) is 13.8. The number of piperazine rings is 1. The van der Waals surface area contributed by atoms with Crippen LogP contribution < -0.4 is 10.2 Å². The maximum absolute atomic E-state index is 13.9. The quantitative estimate of drug-likeness (QED) is 0.830. The summed E-state index contributed by atoms with van der Waals surface area (Å²) in [7, 11) is -0.936. The molecule has 1 N–H and O–H groups in total. The Morgan fingerprint density at radius 3 is 2.46 bits per heavy atom. The third kappa shape index (κ3) is 3.29. The van der Waals surface area contributed by atoms with Crippen LogP contribution in [-0.4, -0.2) is 61.6 Å². The molecule has 1 saturated heterocycles. The lowest BCUT2D eigenvalue weighted by atomic mass is 10.2. The van der Waals surface area contributed by atoms with Gasteiger partial charge in [0, 0.05) is 46.5 Å². The van der Waals surface area contributed by atoms with E-state index in [1.807, 2.05) is 0 Å². The highest BCUT2D eigenvalue weighted by Gasteiger charge is 2.34. The van der Waals surface area contributed by atoms with Crippen molar-refractivity contribution in [2.45, 2.75) is 5.03 Å². The van der Waals surface area contributed by atoms with Crippen molar-refractivity contribution in [1.29, 1.82) is 0 Å². The second kappa shape index (κ2) is 7.04. The molecule has 0 radical (unpaired) electrons. The lowest BCUT2D eigenvalue weighted by Gasteiger charge is -2.35. The second-order valence-electron chi connectivity index (χ2n) is 5.94. The molecule has 1 aliphatic heterocycles. The first-order valence-electron chi connectivity index (χ1n) is 8.10. The van der Waals surface area contributed by atoms with E-state index in [0.29, 0.717) is 18.8 Å². The van der Waals surface area contributed by atoms with Crippen LogP contribution in [0, 0.1) is 5.82 Å². The number of halogens is 1. The number of rotatable bonds is 4. The summed E-state index contributed by atoms with van der Waals surface area (Å²) in [5, 5.41) is 6.13. The van der Waals surface area contributed by atoms with Crippen molar-refractivity contribution in [1.82, 2.24) is 19.4 Å². The Morgan fingerprint density at radius 2 is 1.85 bits per heavy atom. The molecule has 0 unspecified atom stereocenters. The number of aromatic nitrogens is 2. The van der Waals surface area contributed by atoms with Crippen LogP contribution in [0.5, 0.6) is 0 Å². The minimum absolute atomic E-state index is 0.00605. The first kappa shape index (κ1) is 18.3. The maximum Gasteiger partial charge on any atom is 0.263 e. The molecule has 8 nitrogen and oxygen atoms in total. The van der Waals surface area contributed by atoms with Crippen LogP contribution in [0.15, 0.2) is 35.5 Å². The van der Waals surface area contributed by atoms with Crippen LogP contribution in [0.3, 0.4) is 0 Å². The average Bonchev–Trinajstić information content (AvgIpc) is 3.04. The van der Waals surface area contributed by atoms with Gasteiger partial charge < -0.3 is 10.2 Å². The van der Waals surface area contributed by atoms with Gasteiger partial charge in [-0.25, -0.2) is 12.8 Å². The SMILES string of the molecule is CNC(=O)c1cn(C)nc1S(=O)(=O)N1CCN(c2ccccc2F)CC1. The normalized spacial score (nSPS) is 15.9. The maximum atomic E-state index is 13.9. The highest BCUT2D eigenvalue weighted by molar-refractivity contribution is 7.89. The Hall–Kier alpha value is -2.46. The molecule has 0 spiro atoms. The number of amides is 1. The molecule has 26 heavy (non-hydrogen) atoms. The van der Waals surface area contributed by atoms with Crippen LogP contribution in [-0.2, 0) is 17.1 Å². The summed E-state index contributed by atoms with van der Waals surface area (Å²) in [6.07, 6.45) is 1.38. The molecule has 2 aromatic rings. The third-order valence-corrected chi connectivity index (χ3v) is 6.12. The summed E-state index contributed by atoms with van der Waals surface area (Å²) in [5.74, 6) is -0.850. The van der Waals surface area contributed by atoms with Crippen molar-refractivity contribution in [3.05, 3.63) is 41.8 Å². The molecule has 3 rings (SSSR count). The number of anilines is 1. The summed E-state index contributed by atoms with van der Waals surface area (Å²) in [6.45, 7) is 1.06. The van der Waals surface area contributed by atoms with Crippen molar-refractivity contribution >= 4 is 21.6 Å². The molecule has 2 heterocycles. The second-order valence-corrected chi connectivity index (χ2v) is 7.80. The largest absolute Gasteiger partial charge is 0.367 e. The van der Waals surface area contributed by atoms with Gasteiger partial charge >= 0.3 is 0 Å². The van der Waals surface area contributed by atoms with E-state index in [1.54, 1.807) is 30.1 Å². The number of carbonyl (C=O) groups excluding carboxylic acids is 1. The van der Waals surface area contributed by atoms with Gasteiger partial charge in [-0.05, 0) is 12.1 Å². The molecule has 0 aliphatic carbocycles. The zero-order valence-electron chi connectivity index (χ0n) is 14.5. The van der Waals surface area contributed by atoms with E-state index < -0.39 is 15.9 Å². The van der Waals surface area contributed by atoms with E-state index in [9.17, 15) is 17.6 Å². The Labute approximate surface area is 151 Å². The molecular weight excluding hydrogens is 361 g/mol. The van der Waals surface area contributed by atoms with E-state index >= 15 is 0 Å². The van der Waals surface area contributed by atoms with Crippen molar-refractivity contribution in [2.24, 2.45) is 7.05 Å². The van der Waals surface area contributed by atoms with E-state index in [0.717, 1.165) is 0 Å². The number of sulfonamides is 1. The molecule has 10 heteroatoms. The zero-order valence-corrected chi connectivity index (χ0v) is 15.3. The molecule has 0 saturated carbocycles. The lowest BCUT2D eigenvalue weighted by Crippen LogP contribution is -2.49. The first-order valence-corrected chi connectivity index (χ1v) is 9.54. The lowest BCUT2D eigenvalue weighted by molar-refractivity contribution is 0.0959. The van der Waals surface area contributed by atoms with E-state index in [-0.39, 0.29) is 29.5 Å². The van der Waals surface area contributed by atoms with E-state index in [2.05, 4.69) is 10.4 Å². The molecule has 1 fully saturated rings. The highest BCUT2D eigenvalue weighted by atomic mass is 32.2. The van der Waals surface area contributed by atoms with Gasteiger partial charge in [0.25, 0.3) is 15.9 Å². The number of nitrogens with one attached hydrogen (secondary N) is 1. The van der Waals surface area contributed by atoms with Gasteiger partial charge in [0.15, 0.2) is 0 Å². The molecule has 140 valence electrons. The molecule has 1 aromatic heterocycles. The summed E-state index contributed by atoms with van der Waals surface area (Å²) >= 11 is 0. The molecule has 1 aromatic carbocycles. The van der Waals surface area contributed by atoms with Crippen LogP contribution in [0.4, 0.5) is 10.1 Å². The van der Waals surface area contributed by atoms with Gasteiger partial charge in [0.1, 0.15) is 5.82 Å². The van der Waals surface area contributed by atoms with Crippen molar-refractivity contribution < 1.29 is 17.6 Å². The van der Waals surface area contributed by atoms with Crippen molar-refractivity contribution in [2.75, 3.05) is 38.1 Å². The van der Waals surface area contributed by atoms with Gasteiger partial charge in [0.05, 0.1) is 11.3 Å². The first-order chi connectivity index (χ1) is 12.3. The van der Waals surface area contributed by atoms with Gasteiger partial charge in [-0.3, -0.25) is 9.48 Å². The number of hydrogen-bond donors (Lipinski definition) is 1. The standard InChI is InChI=1S/C16H20FN5O3S/c1-18-15(23)12-11-20(2)19-16(12)26(24,25)22-9-7-21(8-10-22)14-6-4-3-5-13(14)17/h3-6,11H,7-10H2,1-2H3,(H,18,23). The van der Waals surface area contributed by atoms with Crippen molar-refractivity contribution in [3.63, 3.8) is 0 Å². The Kier molecular flexibility index (Phi) is 4.97. The van der Waals surface area contributed by atoms with Crippen LogP contribution in [0.25, 0.3) is 0 Å². The van der Waals surface area contributed by atoms with Crippen LogP contribution in [0.1, 0.15) is 10.4 Å². The van der Waals surface area contributed by atoms with Gasteiger partial charge in [0.2, 0.25) is 5.03 Å². The molecule has 0 bridgehead atoms. The number of nitrogens with zero attached hydrogens (tertiary/aromatic N) is 4.